The summed E-state index contributed by atoms with van der Waals surface area (Å²) in [6.07, 6.45) is -1.98. The van der Waals surface area contributed by atoms with E-state index in [1.807, 2.05) is 0 Å². The second-order valence-corrected chi connectivity index (χ2v) is 22.4. The third-order valence-electron chi connectivity index (χ3n) is 13.6. The molecule has 2 bridgehead atoms. The van der Waals surface area contributed by atoms with Gasteiger partial charge in [0.05, 0.1) is 67.0 Å². The lowest BCUT2D eigenvalue weighted by atomic mass is 9.93. The smallest absolute Gasteiger partial charge is 0.407 e. The Hall–Kier alpha value is -6.95. The molecule has 15 N–H and O–H groups in total. The summed E-state index contributed by atoms with van der Waals surface area (Å²) < 4.78 is 26.4. The van der Waals surface area contributed by atoms with Gasteiger partial charge >= 0.3 is 6.09 Å². The number of fused-ring (bicyclic) bond motifs is 5. The summed E-state index contributed by atoms with van der Waals surface area (Å²) in [4.78, 5) is 147. The number of hydrogen-bond acceptors (Lipinski definition) is 17. The predicted octanol–water partition coefficient (Wildman–Crippen LogP) is -3.26. The molecule has 1 aromatic heterocycles. The number of rotatable bonds is 16. The van der Waals surface area contributed by atoms with Crippen LogP contribution in [0.25, 0.3) is 10.9 Å². The van der Waals surface area contributed by atoms with E-state index in [1.54, 1.807) is 52.8 Å². The average molecular weight is 1130 g/mol. The molecule has 10 amide bonds. The molecule has 0 aliphatic carbocycles. The second-order valence-electron chi connectivity index (χ2n) is 21.0. The Morgan fingerprint density at radius 1 is 0.861 bits per heavy atom. The van der Waals surface area contributed by atoms with Crippen LogP contribution in [0, 0.1) is 11.8 Å². The minimum Gasteiger partial charge on any atom is -0.494 e. The number of carbonyl (C=O) groups excluding carboxylic acids is 10. The van der Waals surface area contributed by atoms with E-state index < -0.39 is 187 Å². The SMILES string of the molecule is CCC(C)[C@@H]1NC(=O)CNC(=O)C2Cc3c([nH]c4cc(OCCCCCCNC(=O)OC(C)(C)C)ccc34)S(=O)CC(NC(=O)CNC1=O)C(=O)N[C@@H](CC(N)=O)C(=O)N1C[C@H](O)CC1C(=O)N[C@@H]([C@@H](C)C(O)CON)C(=O)N2. The summed E-state index contributed by atoms with van der Waals surface area (Å²) in [7, 11) is -2.39. The zero-order valence-electron chi connectivity index (χ0n) is 45.2. The van der Waals surface area contributed by atoms with Crippen LogP contribution < -0.4 is 58.9 Å². The molecule has 0 radical (unpaired) electrons. The standard InChI is InChI=1S/C50H76N12O16S/c1-7-25(2)40-45(71)55-20-38(66)56-34-24-79(75)47-30(29-13-12-28(17-31(29)59-47)76-15-11-9-8-10-14-53-49(74)78-50(4,5)6)18-32(42(68)54-21-39(67)60-40)57-46(72)41(26(3)36(64)23-77-52)61-44(70)35-16-27(63)22-62(35)48(73)33(19-37(51)65)58-43(34)69/h12-13,17,25-27,32-36,40-41,59,63-64H,7-11,14-16,18-24,52H2,1-6H3,(H2,51,65)(H,53,74)(H,54,68)(H,55,71)(H,56,66)(H,57,72)(H,58,69)(H,60,67)(H,61,70)/t25?,26-,27+,32?,33-,34?,35?,36?,40-,41-,79?/m0/s1. The Bertz CT molecular complexity index is 2590. The van der Waals surface area contributed by atoms with Gasteiger partial charge in [-0.3, -0.25) is 47.4 Å². The number of amides is 10. The van der Waals surface area contributed by atoms with Crippen LogP contribution in [-0.2, 0) is 69.9 Å². The lowest BCUT2D eigenvalue weighted by Gasteiger charge is -2.33. The topological polar surface area (TPSA) is 423 Å². The molecule has 1 fully saturated rings. The van der Waals surface area contributed by atoms with Crippen LogP contribution in [0.3, 0.4) is 0 Å². The highest BCUT2D eigenvalue weighted by Crippen LogP contribution is 2.31. The monoisotopic (exact) mass is 1130 g/mol. The number of aliphatic hydroxyl groups excluding tert-OH is 2. The van der Waals surface area contributed by atoms with Gasteiger partial charge in [0.1, 0.15) is 52.6 Å². The molecular formula is C50H76N12O16S. The predicted molar refractivity (Wildman–Crippen MR) is 282 cm³/mol. The molecule has 28 nitrogen and oxygen atoms in total. The van der Waals surface area contributed by atoms with Crippen molar-refractivity contribution in [3.8, 4) is 5.75 Å². The molecule has 438 valence electrons. The van der Waals surface area contributed by atoms with E-state index in [4.69, 9.17) is 21.1 Å². The van der Waals surface area contributed by atoms with Crippen molar-refractivity contribution < 1.29 is 76.7 Å². The fraction of sp³-hybridized carbons (Fsp3) is 0.640. The number of nitrogens with two attached hydrogens (primary N) is 2. The van der Waals surface area contributed by atoms with E-state index in [0.29, 0.717) is 42.5 Å². The summed E-state index contributed by atoms with van der Waals surface area (Å²) in [5, 5.41) is 42.3. The van der Waals surface area contributed by atoms with Crippen molar-refractivity contribution in [1.82, 2.24) is 52.4 Å². The number of hydrogen-bond donors (Lipinski definition) is 13. The molecule has 79 heavy (non-hydrogen) atoms. The van der Waals surface area contributed by atoms with Gasteiger partial charge in [-0.15, -0.1) is 0 Å². The third-order valence-corrected chi connectivity index (χ3v) is 15.0. The molecule has 3 aliphatic rings. The van der Waals surface area contributed by atoms with Crippen molar-refractivity contribution in [2.24, 2.45) is 23.5 Å². The van der Waals surface area contributed by atoms with E-state index in [-0.39, 0.29) is 17.2 Å². The number of nitrogens with zero attached hydrogens (tertiary/aromatic N) is 1. The van der Waals surface area contributed by atoms with Crippen LogP contribution in [-0.4, -0.2) is 183 Å². The van der Waals surface area contributed by atoms with Crippen LogP contribution in [0.5, 0.6) is 5.75 Å². The van der Waals surface area contributed by atoms with Gasteiger partial charge in [0, 0.05) is 43.3 Å². The molecule has 5 rings (SSSR count). The van der Waals surface area contributed by atoms with Gasteiger partial charge in [0.15, 0.2) is 0 Å². The highest BCUT2D eigenvalue weighted by molar-refractivity contribution is 7.85. The van der Waals surface area contributed by atoms with Crippen molar-refractivity contribution >= 4 is 81.0 Å². The highest BCUT2D eigenvalue weighted by atomic mass is 32.2. The second kappa shape index (κ2) is 28.8. The van der Waals surface area contributed by atoms with Gasteiger partial charge in [0.25, 0.3) is 0 Å². The van der Waals surface area contributed by atoms with E-state index in [9.17, 15) is 58.2 Å². The first-order valence-electron chi connectivity index (χ1n) is 26.2. The van der Waals surface area contributed by atoms with Crippen LogP contribution in [0.1, 0.15) is 92.1 Å². The number of nitrogens with one attached hydrogen (secondary N) is 9. The molecule has 29 heteroatoms. The van der Waals surface area contributed by atoms with E-state index >= 15 is 4.21 Å². The summed E-state index contributed by atoms with van der Waals surface area (Å²) in [5.74, 6) is -6.05. The molecule has 6 unspecified atom stereocenters. The number of aromatic nitrogens is 1. The van der Waals surface area contributed by atoms with E-state index in [2.05, 4.69) is 52.4 Å². The van der Waals surface area contributed by atoms with E-state index in [0.717, 1.165) is 17.7 Å². The molecule has 3 aliphatic heterocycles. The molecular weight excluding hydrogens is 1060 g/mol. The fourth-order valence-electron chi connectivity index (χ4n) is 9.14. The van der Waals surface area contributed by atoms with E-state index in [1.165, 1.54) is 6.92 Å². The number of aliphatic hydroxyl groups is 2. The Labute approximate surface area is 458 Å². The number of carbonyl (C=O) groups is 10. The number of H-pyrrole nitrogens is 1. The number of primary amides is 1. The maximum Gasteiger partial charge on any atom is 0.407 e. The van der Waals surface area contributed by atoms with Crippen molar-refractivity contribution in [1.29, 1.82) is 0 Å². The number of unbranched alkanes of at least 4 members (excludes halogenated alkanes) is 3. The minimum absolute atomic E-state index is 0.122. The first kappa shape index (κ1) is 62.9. The van der Waals surface area contributed by atoms with Crippen molar-refractivity contribution in [2.75, 3.05) is 45.1 Å². The Morgan fingerprint density at radius 3 is 2.22 bits per heavy atom. The molecule has 0 spiro atoms. The van der Waals surface area contributed by atoms with Crippen LogP contribution in [0.2, 0.25) is 0 Å². The maximum absolute atomic E-state index is 15.0. The first-order chi connectivity index (χ1) is 37.3. The quantitative estimate of drug-likeness (QED) is 0.0580. The first-order valence-corrected chi connectivity index (χ1v) is 27.6. The van der Waals surface area contributed by atoms with Crippen molar-refractivity contribution in [3.05, 3.63) is 23.8 Å². The van der Waals surface area contributed by atoms with Crippen LogP contribution in [0.15, 0.2) is 23.2 Å². The number of aromatic amines is 1. The van der Waals surface area contributed by atoms with Gasteiger partial charge in [-0.05, 0) is 57.2 Å². The third kappa shape index (κ3) is 18.0. The summed E-state index contributed by atoms with van der Waals surface area (Å²) in [5.41, 5.74) is 5.37. The van der Waals surface area contributed by atoms with Crippen LogP contribution >= 0.6 is 0 Å². The molecule has 1 saturated heterocycles. The number of alkyl carbamates (subject to hydrolysis) is 1. The molecule has 11 atom stereocenters. The summed E-state index contributed by atoms with van der Waals surface area (Å²) >= 11 is 0. The summed E-state index contributed by atoms with van der Waals surface area (Å²) in [6.45, 7) is 8.18. The average Bonchev–Trinajstić information content (AvgIpc) is 3.97. The van der Waals surface area contributed by atoms with Crippen molar-refractivity contribution in [2.45, 2.75) is 152 Å². The van der Waals surface area contributed by atoms with Gasteiger partial charge in [-0.25, -0.2) is 10.7 Å². The normalized spacial score (nSPS) is 25.4. The van der Waals surface area contributed by atoms with Gasteiger partial charge in [0.2, 0.25) is 53.2 Å². The zero-order valence-corrected chi connectivity index (χ0v) is 46.0. The zero-order chi connectivity index (χ0) is 58.3. The van der Waals surface area contributed by atoms with Gasteiger partial charge in [-0.2, -0.15) is 0 Å². The largest absolute Gasteiger partial charge is 0.494 e. The Kier molecular flexibility index (Phi) is 22.9. The number of ether oxygens (including phenoxy) is 2. The highest BCUT2D eigenvalue weighted by Gasteiger charge is 2.45. The van der Waals surface area contributed by atoms with Gasteiger partial charge in [-0.1, -0.05) is 40.0 Å². The van der Waals surface area contributed by atoms with Gasteiger partial charge < -0.3 is 82.7 Å². The minimum atomic E-state index is -2.39. The fourth-order valence-corrected chi connectivity index (χ4v) is 10.5. The summed E-state index contributed by atoms with van der Waals surface area (Å²) in [6, 6.07) is -5.17. The Morgan fingerprint density at radius 2 is 1.54 bits per heavy atom. The van der Waals surface area contributed by atoms with Crippen LogP contribution in [0.4, 0.5) is 4.79 Å². The molecule has 0 saturated carbocycles. The Balaban J connectivity index is 1.62. The van der Waals surface area contributed by atoms with Crippen molar-refractivity contribution in [3.63, 3.8) is 0 Å². The number of benzene rings is 1. The maximum atomic E-state index is 15.0. The molecule has 2 aromatic rings. The lowest BCUT2D eigenvalue weighted by Crippen LogP contribution is -2.62. The lowest BCUT2D eigenvalue weighted by molar-refractivity contribution is -0.144. The molecule has 1 aromatic carbocycles. The molecule has 4 heterocycles.